The molecule has 32 heavy (non-hydrogen) atoms. The monoisotopic (exact) mass is 426 g/mol. The van der Waals surface area contributed by atoms with Crippen LogP contribution in [0.2, 0.25) is 0 Å². The van der Waals surface area contributed by atoms with Crippen molar-refractivity contribution in [2.45, 2.75) is 0 Å². The summed E-state index contributed by atoms with van der Waals surface area (Å²) in [7, 11) is 3.16. The molecule has 1 heterocycles. The zero-order chi connectivity index (χ0) is 22.5. The Hall–Kier alpha value is -4.39. The molecule has 0 radical (unpaired) electrons. The Kier molecular flexibility index (Phi) is 5.98. The lowest BCUT2D eigenvalue weighted by Crippen LogP contribution is -2.24. The fourth-order valence-corrected chi connectivity index (χ4v) is 3.30. The van der Waals surface area contributed by atoms with E-state index in [1.165, 1.54) is 0 Å². The SMILES string of the molecule is CNC(=O)Nc1ccc(NC(=O)c2cc(-c3ccc(OC)cc3)nc3ccccc23)cc1. The Bertz CT molecular complexity index is 1270. The summed E-state index contributed by atoms with van der Waals surface area (Å²) in [5.41, 5.74) is 4.07. The van der Waals surface area contributed by atoms with Crippen molar-refractivity contribution in [1.82, 2.24) is 10.3 Å². The average Bonchev–Trinajstić information content (AvgIpc) is 2.84. The van der Waals surface area contributed by atoms with Crippen molar-refractivity contribution in [1.29, 1.82) is 0 Å². The number of anilines is 2. The van der Waals surface area contributed by atoms with Crippen LogP contribution in [0, 0.1) is 0 Å². The summed E-state index contributed by atoms with van der Waals surface area (Å²) in [6, 6.07) is 23.5. The molecule has 3 amide bonds. The fourth-order valence-electron chi connectivity index (χ4n) is 3.30. The lowest BCUT2D eigenvalue weighted by Gasteiger charge is -2.12. The van der Waals surface area contributed by atoms with Crippen LogP contribution < -0.4 is 20.7 Å². The summed E-state index contributed by atoms with van der Waals surface area (Å²) in [5.74, 6) is 0.507. The van der Waals surface area contributed by atoms with Crippen molar-refractivity contribution in [3.8, 4) is 17.0 Å². The minimum Gasteiger partial charge on any atom is -0.497 e. The van der Waals surface area contributed by atoms with Gasteiger partial charge in [-0.25, -0.2) is 9.78 Å². The maximum Gasteiger partial charge on any atom is 0.318 e. The number of aromatic nitrogens is 1. The van der Waals surface area contributed by atoms with Gasteiger partial charge in [-0.3, -0.25) is 4.79 Å². The maximum atomic E-state index is 13.2. The van der Waals surface area contributed by atoms with Gasteiger partial charge in [-0.05, 0) is 60.7 Å². The molecule has 0 saturated heterocycles. The van der Waals surface area contributed by atoms with E-state index in [2.05, 4.69) is 16.0 Å². The third kappa shape index (κ3) is 4.52. The van der Waals surface area contributed by atoms with Gasteiger partial charge < -0.3 is 20.7 Å². The van der Waals surface area contributed by atoms with Crippen molar-refractivity contribution in [3.63, 3.8) is 0 Å². The molecule has 0 unspecified atom stereocenters. The Morgan fingerprint density at radius 2 is 1.50 bits per heavy atom. The number of ether oxygens (including phenoxy) is 1. The molecule has 0 atom stereocenters. The number of methoxy groups -OCH3 is 1. The zero-order valence-corrected chi connectivity index (χ0v) is 17.7. The molecule has 0 saturated carbocycles. The molecular formula is C25H22N4O3. The van der Waals surface area contributed by atoms with E-state index in [-0.39, 0.29) is 11.9 Å². The third-order valence-corrected chi connectivity index (χ3v) is 4.97. The number of carbonyl (C=O) groups is 2. The number of fused-ring (bicyclic) bond motifs is 1. The number of nitrogens with zero attached hydrogens (tertiary/aromatic N) is 1. The van der Waals surface area contributed by atoms with Crippen LogP contribution >= 0.6 is 0 Å². The largest absolute Gasteiger partial charge is 0.497 e. The quantitative estimate of drug-likeness (QED) is 0.423. The number of hydrogen-bond acceptors (Lipinski definition) is 4. The molecule has 0 aliphatic rings. The number of rotatable bonds is 5. The number of para-hydroxylation sites is 1. The van der Waals surface area contributed by atoms with E-state index in [1.54, 1.807) is 44.5 Å². The summed E-state index contributed by atoms with van der Waals surface area (Å²) in [5, 5.41) is 8.86. The summed E-state index contributed by atoms with van der Waals surface area (Å²) in [6.45, 7) is 0. The maximum absolute atomic E-state index is 13.2. The van der Waals surface area contributed by atoms with Crippen LogP contribution in [-0.4, -0.2) is 31.1 Å². The minimum atomic E-state index is -0.309. The highest BCUT2D eigenvalue weighted by atomic mass is 16.5. The van der Waals surface area contributed by atoms with Crippen LogP contribution in [-0.2, 0) is 0 Å². The van der Waals surface area contributed by atoms with Gasteiger partial charge in [0.05, 0.1) is 23.9 Å². The third-order valence-electron chi connectivity index (χ3n) is 4.97. The molecule has 7 heteroatoms. The normalized spacial score (nSPS) is 10.4. The Morgan fingerprint density at radius 3 is 2.16 bits per heavy atom. The van der Waals surface area contributed by atoms with E-state index in [0.717, 1.165) is 22.2 Å². The number of pyridine rings is 1. The number of urea groups is 1. The molecule has 160 valence electrons. The Labute approximate surface area is 185 Å². The zero-order valence-electron chi connectivity index (χ0n) is 17.7. The number of carbonyl (C=O) groups excluding carboxylic acids is 2. The molecule has 0 fully saturated rings. The molecule has 1 aromatic heterocycles. The van der Waals surface area contributed by atoms with Crippen LogP contribution in [0.1, 0.15) is 10.4 Å². The highest BCUT2D eigenvalue weighted by molar-refractivity contribution is 6.13. The number of nitrogens with one attached hydrogen (secondary N) is 3. The Balaban J connectivity index is 1.65. The summed E-state index contributed by atoms with van der Waals surface area (Å²) in [4.78, 5) is 29.3. The first-order valence-electron chi connectivity index (χ1n) is 10.0. The van der Waals surface area contributed by atoms with Gasteiger partial charge in [0.15, 0.2) is 0 Å². The van der Waals surface area contributed by atoms with E-state index >= 15 is 0 Å². The first kappa shape index (κ1) is 20.9. The van der Waals surface area contributed by atoms with E-state index in [0.29, 0.717) is 22.6 Å². The van der Waals surface area contributed by atoms with Gasteiger partial charge in [0.1, 0.15) is 5.75 Å². The van der Waals surface area contributed by atoms with Gasteiger partial charge in [-0.15, -0.1) is 0 Å². The molecule has 4 rings (SSSR count). The predicted octanol–water partition coefficient (Wildman–Crippen LogP) is 4.91. The molecule has 4 aromatic rings. The second-order valence-electron chi connectivity index (χ2n) is 7.04. The standard InChI is InChI=1S/C25H22N4O3/c1-26-25(31)28-18-11-9-17(10-12-18)27-24(30)21-15-23(16-7-13-19(32-2)14-8-16)29-22-6-4-3-5-20(21)22/h3-15H,1-2H3,(H,27,30)(H2,26,28,31). The van der Waals surface area contributed by atoms with Crippen molar-refractivity contribution in [2.24, 2.45) is 0 Å². The second-order valence-corrected chi connectivity index (χ2v) is 7.04. The highest BCUT2D eigenvalue weighted by Gasteiger charge is 2.14. The minimum absolute atomic E-state index is 0.245. The van der Waals surface area contributed by atoms with Gasteiger partial charge in [-0.2, -0.15) is 0 Å². The summed E-state index contributed by atoms with van der Waals surface area (Å²) in [6.07, 6.45) is 0. The summed E-state index contributed by atoms with van der Waals surface area (Å²) >= 11 is 0. The topological polar surface area (TPSA) is 92.4 Å². The first-order chi connectivity index (χ1) is 15.6. The smallest absolute Gasteiger partial charge is 0.318 e. The molecule has 0 aliphatic heterocycles. The predicted molar refractivity (Wildman–Crippen MR) is 126 cm³/mol. The molecule has 0 spiro atoms. The lowest BCUT2D eigenvalue weighted by atomic mass is 10.0. The van der Waals surface area contributed by atoms with E-state index in [9.17, 15) is 9.59 Å². The van der Waals surface area contributed by atoms with Crippen LogP contribution in [0.15, 0.2) is 78.9 Å². The van der Waals surface area contributed by atoms with Gasteiger partial charge in [0, 0.05) is 29.4 Å². The lowest BCUT2D eigenvalue weighted by molar-refractivity contribution is 0.102. The van der Waals surface area contributed by atoms with Crippen LogP contribution in [0.4, 0.5) is 16.2 Å². The van der Waals surface area contributed by atoms with E-state index in [4.69, 9.17) is 9.72 Å². The van der Waals surface area contributed by atoms with Crippen molar-refractivity contribution < 1.29 is 14.3 Å². The Morgan fingerprint density at radius 1 is 0.844 bits per heavy atom. The average molecular weight is 426 g/mol. The molecular weight excluding hydrogens is 404 g/mol. The van der Waals surface area contributed by atoms with Crippen LogP contribution in [0.25, 0.3) is 22.2 Å². The van der Waals surface area contributed by atoms with Gasteiger partial charge in [0.2, 0.25) is 0 Å². The number of hydrogen-bond donors (Lipinski definition) is 3. The van der Waals surface area contributed by atoms with Gasteiger partial charge in [-0.1, -0.05) is 18.2 Å². The summed E-state index contributed by atoms with van der Waals surface area (Å²) < 4.78 is 5.23. The van der Waals surface area contributed by atoms with Gasteiger partial charge in [0.25, 0.3) is 5.91 Å². The van der Waals surface area contributed by atoms with Crippen LogP contribution in [0.5, 0.6) is 5.75 Å². The van der Waals surface area contributed by atoms with E-state index in [1.807, 2.05) is 48.5 Å². The van der Waals surface area contributed by atoms with E-state index < -0.39 is 0 Å². The van der Waals surface area contributed by atoms with Crippen molar-refractivity contribution in [2.75, 3.05) is 24.8 Å². The van der Waals surface area contributed by atoms with Crippen molar-refractivity contribution >= 4 is 34.2 Å². The van der Waals surface area contributed by atoms with Crippen LogP contribution in [0.3, 0.4) is 0 Å². The molecule has 0 aliphatic carbocycles. The molecule has 3 aromatic carbocycles. The highest BCUT2D eigenvalue weighted by Crippen LogP contribution is 2.27. The second kappa shape index (κ2) is 9.18. The van der Waals surface area contributed by atoms with Crippen molar-refractivity contribution in [3.05, 3.63) is 84.4 Å². The number of benzene rings is 3. The number of amides is 3. The van der Waals surface area contributed by atoms with Gasteiger partial charge >= 0.3 is 6.03 Å². The molecule has 3 N–H and O–H groups in total. The fraction of sp³-hybridized carbons (Fsp3) is 0.0800. The first-order valence-corrected chi connectivity index (χ1v) is 10.0. The molecule has 0 bridgehead atoms. The molecule has 7 nitrogen and oxygen atoms in total.